The van der Waals surface area contributed by atoms with Gasteiger partial charge in [0, 0.05) is 23.7 Å². The van der Waals surface area contributed by atoms with Gasteiger partial charge in [-0.15, -0.1) is 0 Å². The summed E-state index contributed by atoms with van der Waals surface area (Å²) in [4.78, 5) is 17.9. The number of carbonyl (C=O) groups is 1. The zero-order valence-corrected chi connectivity index (χ0v) is 16.1. The van der Waals surface area contributed by atoms with Crippen LogP contribution in [0.3, 0.4) is 0 Å². The number of carbonyl (C=O) groups excluding carboxylic acids is 1. The standard InChI is InChI=1S/C20H22N2O6/c1-24-13-6-8-16(25-2)14(10-13)15-11-19(28-22-15)20(23)21-12-5-7-17(26-3)18(9-12)27-4/h5-10,19H,11H2,1-4H3,(H,21,23)/t19-/m1/s1. The van der Waals surface area contributed by atoms with Gasteiger partial charge in [0.2, 0.25) is 6.10 Å². The van der Waals surface area contributed by atoms with Gasteiger partial charge in [0.05, 0.1) is 34.2 Å². The van der Waals surface area contributed by atoms with Gasteiger partial charge >= 0.3 is 0 Å². The third-order valence-electron chi connectivity index (χ3n) is 4.33. The van der Waals surface area contributed by atoms with Gasteiger partial charge in [-0.3, -0.25) is 4.79 Å². The van der Waals surface area contributed by atoms with Gasteiger partial charge in [-0.2, -0.15) is 0 Å². The Bertz CT molecular complexity index is 896. The van der Waals surface area contributed by atoms with Crippen molar-refractivity contribution in [2.24, 2.45) is 5.16 Å². The van der Waals surface area contributed by atoms with Crippen LogP contribution in [0.2, 0.25) is 0 Å². The number of ether oxygens (including phenoxy) is 4. The topological polar surface area (TPSA) is 87.6 Å². The van der Waals surface area contributed by atoms with Crippen LogP contribution in [0.5, 0.6) is 23.0 Å². The maximum Gasteiger partial charge on any atom is 0.268 e. The Kier molecular flexibility index (Phi) is 5.88. The number of hydrogen-bond donors (Lipinski definition) is 1. The molecule has 1 aliphatic rings. The maximum absolute atomic E-state index is 12.6. The Balaban J connectivity index is 1.71. The molecule has 0 saturated heterocycles. The van der Waals surface area contributed by atoms with E-state index in [1.54, 1.807) is 57.7 Å². The number of hydrogen-bond acceptors (Lipinski definition) is 7. The normalized spacial score (nSPS) is 15.3. The van der Waals surface area contributed by atoms with Gasteiger partial charge in [0.25, 0.3) is 5.91 Å². The molecular formula is C20H22N2O6. The van der Waals surface area contributed by atoms with Gasteiger partial charge < -0.3 is 29.1 Å². The Morgan fingerprint density at radius 2 is 1.68 bits per heavy atom. The molecule has 0 fully saturated rings. The lowest BCUT2D eigenvalue weighted by molar-refractivity contribution is -0.125. The van der Waals surface area contributed by atoms with Gasteiger partial charge in [-0.25, -0.2) is 0 Å². The van der Waals surface area contributed by atoms with Crippen molar-refractivity contribution >= 4 is 17.3 Å². The number of benzene rings is 2. The van der Waals surface area contributed by atoms with Gasteiger partial charge in [0.15, 0.2) is 11.5 Å². The number of nitrogens with zero attached hydrogens (tertiary/aromatic N) is 1. The molecule has 2 aromatic rings. The Labute approximate surface area is 163 Å². The predicted molar refractivity (Wildman–Crippen MR) is 104 cm³/mol. The van der Waals surface area contributed by atoms with Crippen molar-refractivity contribution < 1.29 is 28.6 Å². The smallest absolute Gasteiger partial charge is 0.268 e. The molecular weight excluding hydrogens is 364 g/mol. The molecule has 1 heterocycles. The molecule has 1 N–H and O–H groups in total. The van der Waals surface area contributed by atoms with Crippen LogP contribution in [0.15, 0.2) is 41.6 Å². The van der Waals surface area contributed by atoms with E-state index in [2.05, 4.69) is 10.5 Å². The zero-order valence-electron chi connectivity index (χ0n) is 16.1. The molecule has 1 aliphatic heterocycles. The molecule has 0 saturated carbocycles. The summed E-state index contributed by atoms with van der Waals surface area (Å²) >= 11 is 0. The van der Waals surface area contributed by atoms with Crippen LogP contribution in [0.4, 0.5) is 5.69 Å². The van der Waals surface area contributed by atoms with E-state index in [-0.39, 0.29) is 5.91 Å². The maximum atomic E-state index is 12.6. The summed E-state index contributed by atoms with van der Waals surface area (Å²) in [5.74, 6) is 2.08. The first-order valence-electron chi connectivity index (χ1n) is 8.57. The fourth-order valence-corrected chi connectivity index (χ4v) is 2.85. The number of anilines is 1. The molecule has 1 atom stereocenters. The Hall–Kier alpha value is -3.42. The van der Waals surface area contributed by atoms with Crippen LogP contribution in [-0.4, -0.2) is 46.2 Å². The number of rotatable bonds is 7. The van der Waals surface area contributed by atoms with Crippen LogP contribution in [0.1, 0.15) is 12.0 Å². The van der Waals surface area contributed by atoms with Crippen LogP contribution < -0.4 is 24.3 Å². The molecule has 2 aromatic carbocycles. The van der Waals surface area contributed by atoms with Gasteiger partial charge in [-0.05, 0) is 30.3 Å². The summed E-state index contributed by atoms with van der Waals surface area (Å²) in [6, 6.07) is 10.5. The van der Waals surface area contributed by atoms with Crippen LogP contribution >= 0.6 is 0 Å². The summed E-state index contributed by atoms with van der Waals surface area (Å²) in [6.07, 6.45) is -0.443. The monoisotopic (exact) mass is 386 g/mol. The average Bonchev–Trinajstić information content (AvgIpc) is 3.23. The third-order valence-corrected chi connectivity index (χ3v) is 4.33. The van der Waals surface area contributed by atoms with E-state index < -0.39 is 6.10 Å². The van der Waals surface area contributed by atoms with Crippen LogP contribution in [0, 0.1) is 0 Å². The molecule has 1 amide bonds. The van der Waals surface area contributed by atoms with Crippen molar-refractivity contribution in [1.82, 2.24) is 0 Å². The largest absolute Gasteiger partial charge is 0.497 e. The first-order valence-corrected chi connectivity index (χ1v) is 8.57. The minimum atomic E-state index is -0.751. The Morgan fingerprint density at radius 3 is 2.36 bits per heavy atom. The fraction of sp³-hybridized carbons (Fsp3) is 0.300. The molecule has 0 unspecified atom stereocenters. The summed E-state index contributed by atoms with van der Waals surface area (Å²) in [5, 5.41) is 6.88. The highest BCUT2D eigenvalue weighted by molar-refractivity contribution is 6.07. The highest BCUT2D eigenvalue weighted by atomic mass is 16.6. The molecule has 0 spiro atoms. The molecule has 3 rings (SSSR count). The highest BCUT2D eigenvalue weighted by Crippen LogP contribution is 2.31. The van der Waals surface area contributed by atoms with E-state index in [4.69, 9.17) is 23.8 Å². The second-order valence-corrected chi connectivity index (χ2v) is 5.96. The van der Waals surface area contributed by atoms with Crippen molar-refractivity contribution in [3.8, 4) is 23.0 Å². The minimum Gasteiger partial charge on any atom is -0.497 e. The molecule has 0 aromatic heterocycles. The van der Waals surface area contributed by atoms with Crippen molar-refractivity contribution in [2.45, 2.75) is 12.5 Å². The molecule has 0 aliphatic carbocycles. The van der Waals surface area contributed by atoms with E-state index >= 15 is 0 Å². The first-order chi connectivity index (χ1) is 13.6. The van der Waals surface area contributed by atoms with Crippen molar-refractivity contribution in [2.75, 3.05) is 33.8 Å². The lowest BCUT2D eigenvalue weighted by Crippen LogP contribution is -2.28. The predicted octanol–water partition coefficient (Wildman–Crippen LogP) is 2.85. The first kappa shape index (κ1) is 19.3. The molecule has 0 bridgehead atoms. The second-order valence-electron chi connectivity index (χ2n) is 5.96. The number of amides is 1. The van der Waals surface area contributed by atoms with Gasteiger partial charge in [0.1, 0.15) is 11.5 Å². The fourth-order valence-electron chi connectivity index (χ4n) is 2.85. The average molecular weight is 386 g/mol. The third kappa shape index (κ3) is 3.95. The van der Waals surface area contributed by atoms with E-state index in [9.17, 15) is 4.79 Å². The summed E-state index contributed by atoms with van der Waals surface area (Å²) < 4.78 is 21.1. The lowest BCUT2D eigenvalue weighted by atomic mass is 10.0. The molecule has 8 nitrogen and oxygen atoms in total. The zero-order chi connectivity index (χ0) is 20.1. The lowest BCUT2D eigenvalue weighted by Gasteiger charge is -2.13. The summed E-state index contributed by atoms with van der Waals surface area (Å²) in [5.41, 5.74) is 1.91. The summed E-state index contributed by atoms with van der Waals surface area (Å²) in [6.45, 7) is 0. The van der Waals surface area contributed by atoms with E-state index in [1.165, 1.54) is 7.11 Å². The van der Waals surface area contributed by atoms with E-state index in [1.807, 2.05) is 0 Å². The van der Waals surface area contributed by atoms with E-state index in [0.717, 1.165) is 5.56 Å². The quantitative estimate of drug-likeness (QED) is 0.787. The van der Waals surface area contributed by atoms with Crippen LogP contribution in [-0.2, 0) is 9.63 Å². The molecule has 148 valence electrons. The van der Waals surface area contributed by atoms with Crippen molar-refractivity contribution in [1.29, 1.82) is 0 Å². The minimum absolute atomic E-state index is 0.308. The second kappa shape index (κ2) is 8.51. The number of methoxy groups -OCH3 is 4. The van der Waals surface area contributed by atoms with Crippen LogP contribution in [0.25, 0.3) is 0 Å². The number of nitrogens with one attached hydrogen (secondary N) is 1. The molecule has 8 heteroatoms. The molecule has 0 radical (unpaired) electrons. The van der Waals surface area contributed by atoms with Crippen molar-refractivity contribution in [3.63, 3.8) is 0 Å². The Morgan fingerprint density at radius 1 is 0.964 bits per heavy atom. The summed E-state index contributed by atoms with van der Waals surface area (Å²) in [7, 11) is 6.24. The molecule has 28 heavy (non-hydrogen) atoms. The van der Waals surface area contributed by atoms with Crippen molar-refractivity contribution in [3.05, 3.63) is 42.0 Å². The van der Waals surface area contributed by atoms with E-state index in [0.29, 0.717) is 40.8 Å². The highest BCUT2D eigenvalue weighted by Gasteiger charge is 2.30. The SMILES string of the molecule is COc1ccc(OC)c(C2=NO[C@@H](C(=O)Nc3ccc(OC)c(OC)c3)C2)c1. The number of oxime groups is 1. The van der Waals surface area contributed by atoms with Gasteiger partial charge in [-0.1, -0.05) is 5.16 Å².